The lowest BCUT2D eigenvalue weighted by Crippen LogP contribution is -2.12. The van der Waals surface area contributed by atoms with E-state index in [1.807, 2.05) is 0 Å². The molecule has 0 heterocycles. The summed E-state index contributed by atoms with van der Waals surface area (Å²) in [7, 11) is 0. The number of nitrogens with zero attached hydrogens (tertiary/aromatic N) is 1. The molecule has 1 atom stereocenters. The van der Waals surface area contributed by atoms with Crippen molar-refractivity contribution in [3.63, 3.8) is 0 Å². The van der Waals surface area contributed by atoms with E-state index in [0.29, 0.717) is 17.5 Å². The van der Waals surface area contributed by atoms with Crippen molar-refractivity contribution in [3.05, 3.63) is 39.4 Å². The minimum atomic E-state index is -0.489. The number of carbonyl (C=O) groups excluding carboxylic acids is 1. The zero-order valence-corrected chi connectivity index (χ0v) is 7.84. The van der Waals surface area contributed by atoms with E-state index >= 15 is 0 Å². The second kappa shape index (κ2) is 3.43. The van der Waals surface area contributed by atoms with Gasteiger partial charge in [0.2, 0.25) is 0 Å². The smallest absolute Gasteiger partial charge is 0.269 e. The number of rotatable bonds is 2. The van der Waals surface area contributed by atoms with Gasteiger partial charge in [0.15, 0.2) is 5.78 Å². The zero-order chi connectivity index (χ0) is 11.0. The Kier molecular flexibility index (Phi) is 2.24. The highest BCUT2D eigenvalue weighted by molar-refractivity contribution is 6.02. The molecule has 0 bridgehead atoms. The number of non-ortho nitro benzene ring substituents is 1. The lowest BCUT2D eigenvalue weighted by atomic mass is 10.1. The normalized spacial score (nSPS) is 19.0. The number of nitro groups is 1. The van der Waals surface area contributed by atoms with Gasteiger partial charge in [-0.2, -0.15) is 0 Å². The highest BCUT2D eigenvalue weighted by Gasteiger charge is 2.30. The van der Waals surface area contributed by atoms with Crippen LogP contribution in [0.3, 0.4) is 0 Å². The summed E-state index contributed by atoms with van der Waals surface area (Å²) < 4.78 is 0. The van der Waals surface area contributed by atoms with Gasteiger partial charge >= 0.3 is 0 Å². The van der Waals surface area contributed by atoms with Gasteiger partial charge in [-0.05, 0) is 18.1 Å². The van der Waals surface area contributed by atoms with Crippen molar-refractivity contribution in [3.8, 4) is 0 Å². The zero-order valence-electron chi connectivity index (χ0n) is 7.84. The average molecular weight is 207 g/mol. The van der Waals surface area contributed by atoms with Crippen molar-refractivity contribution in [2.45, 2.75) is 6.42 Å². The number of hydrogen-bond donors (Lipinski definition) is 1. The molecule has 0 amide bonds. The summed E-state index contributed by atoms with van der Waals surface area (Å²) in [6.45, 7) is -0.207. The average Bonchev–Trinajstić information content (AvgIpc) is 2.55. The summed E-state index contributed by atoms with van der Waals surface area (Å²) in [4.78, 5) is 21.6. The number of aliphatic hydroxyl groups is 1. The van der Waals surface area contributed by atoms with E-state index in [1.165, 1.54) is 18.2 Å². The molecule has 0 fully saturated rings. The van der Waals surface area contributed by atoms with Crippen LogP contribution in [-0.4, -0.2) is 22.4 Å². The molecule has 0 saturated heterocycles. The van der Waals surface area contributed by atoms with Crippen molar-refractivity contribution in [1.82, 2.24) is 0 Å². The standard InChI is InChI=1S/C10H9NO4/c12-5-7-3-6-4-8(11(14)15)1-2-9(6)10(7)13/h1-2,4,7,12H,3,5H2. The first-order chi connectivity index (χ1) is 7.13. The molecule has 78 valence electrons. The number of nitro benzene ring substituents is 1. The Morgan fingerprint density at radius 1 is 1.53 bits per heavy atom. The highest BCUT2D eigenvalue weighted by atomic mass is 16.6. The van der Waals surface area contributed by atoms with Crippen LogP contribution in [0.15, 0.2) is 18.2 Å². The number of benzene rings is 1. The molecule has 1 aromatic carbocycles. The van der Waals surface area contributed by atoms with Crippen LogP contribution >= 0.6 is 0 Å². The van der Waals surface area contributed by atoms with Crippen molar-refractivity contribution in [2.24, 2.45) is 5.92 Å². The maximum atomic E-state index is 11.6. The van der Waals surface area contributed by atoms with Crippen molar-refractivity contribution < 1.29 is 14.8 Å². The quantitative estimate of drug-likeness (QED) is 0.578. The molecule has 0 spiro atoms. The van der Waals surface area contributed by atoms with Crippen molar-refractivity contribution >= 4 is 11.5 Å². The van der Waals surface area contributed by atoms with Crippen molar-refractivity contribution in [1.29, 1.82) is 0 Å². The van der Waals surface area contributed by atoms with Crippen molar-refractivity contribution in [2.75, 3.05) is 6.61 Å². The Hall–Kier alpha value is -1.75. The van der Waals surface area contributed by atoms with Crippen LogP contribution in [-0.2, 0) is 6.42 Å². The summed E-state index contributed by atoms with van der Waals surface area (Å²) in [5.74, 6) is -0.551. The molecule has 0 radical (unpaired) electrons. The number of hydrogen-bond acceptors (Lipinski definition) is 4. The first-order valence-electron chi connectivity index (χ1n) is 4.56. The van der Waals surface area contributed by atoms with Gasteiger partial charge in [-0.1, -0.05) is 0 Å². The number of Topliss-reactive ketones (excluding diaryl/α,β-unsaturated/α-hetero) is 1. The van der Waals surface area contributed by atoms with E-state index in [1.54, 1.807) is 0 Å². The molecule has 15 heavy (non-hydrogen) atoms. The highest BCUT2D eigenvalue weighted by Crippen LogP contribution is 2.29. The largest absolute Gasteiger partial charge is 0.396 e. The van der Waals surface area contributed by atoms with Crippen LogP contribution < -0.4 is 0 Å². The Labute approximate surface area is 85.5 Å². The maximum Gasteiger partial charge on any atom is 0.269 e. The predicted molar refractivity (Wildman–Crippen MR) is 51.7 cm³/mol. The van der Waals surface area contributed by atoms with Gasteiger partial charge in [0.1, 0.15) is 0 Å². The molecule has 1 N–H and O–H groups in total. The lowest BCUT2D eigenvalue weighted by Gasteiger charge is -1.99. The Morgan fingerprint density at radius 3 is 2.87 bits per heavy atom. The molecular formula is C10H9NO4. The van der Waals surface area contributed by atoms with Gasteiger partial charge in [-0.3, -0.25) is 14.9 Å². The molecule has 2 rings (SSSR count). The van der Waals surface area contributed by atoms with Gasteiger partial charge in [0.25, 0.3) is 5.69 Å². The summed E-state index contributed by atoms with van der Waals surface area (Å²) in [6, 6.07) is 4.19. The minimum Gasteiger partial charge on any atom is -0.396 e. The fraction of sp³-hybridized carbons (Fsp3) is 0.300. The van der Waals surface area contributed by atoms with Gasteiger partial charge in [0, 0.05) is 23.6 Å². The lowest BCUT2D eigenvalue weighted by molar-refractivity contribution is -0.384. The molecule has 1 aromatic rings. The molecule has 0 saturated carbocycles. The van der Waals surface area contributed by atoms with Gasteiger partial charge < -0.3 is 5.11 Å². The van der Waals surface area contributed by atoms with E-state index in [0.717, 1.165) is 0 Å². The second-order valence-corrected chi connectivity index (χ2v) is 3.55. The molecule has 5 nitrogen and oxygen atoms in total. The fourth-order valence-corrected chi connectivity index (χ4v) is 1.83. The Bertz CT molecular complexity index is 441. The fourth-order valence-electron chi connectivity index (χ4n) is 1.83. The molecule has 5 heteroatoms. The van der Waals surface area contributed by atoms with Gasteiger partial charge in [-0.15, -0.1) is 0 Å². The van der Waals surface area contributed by atoms with E-state index in [4.69, 9.17) is 5.11 Å². The van der Waals surface area contributed by atoms with Crippen LogP contribution in [0.5, 0.6) is 0 Å². The Morgan fingerprint density at radius 2 is 2.27 bits per heavy atom. The van der Waals surface area contributed by atoms with E-state index in [-0.39, 0.29) is 18.1 Å². The Balaban J connectivity index is 2.42. The topological polar surface area (TPSA) is 80.4 Å². The summed E-state index contributed by atoms with van der Waals surface area (Å²) in [6.07, 6.45) is 0.395. The third kappa shape index (κ3) is 1.50. The van der Waals surface area contributed by atoms with Crippen LogP contribution in [0.1, 0.15) is 15.9 Å². The molecule has 0 aromatic heterocycles. The third-order valence-electron chi connectivity index (χ3n) is 2.62. The molecule has 1 unspecified atom stereocenters. The predicted octanol–water partition coefficient (Wildman–Crippen LogP) is 0.942. The van der Waals surface area contributed by atoms with Gasteiger partial charge in [-0.25, -0.2) is 0 Å². The monoisotopic (exact) mass is 207 g/mol. The molecule has 0 aliphatic heterocycles. The third-order valence-corrected chi connectivity index (χ3v) is 2.62. The minimum absolute atomic E-state index is 0.0138. The van der Waals surface area contributed by atoms with Crippen LogP contribution in [0.2, 0.25) is 0 Å². The second-order valence-electron chi connectivity index (χ2n) is 3.55. The van der Waals surface area contributed by atoms with Crippen LogP contribution in [0.4, 0.5) is 5.69 Å². The number of aliphatic hydroxyl groups excluding tert-OH is 1. The summed E-state index contributed by atoms with van der Waals surface area (Å²) in [5, 5.41) is 19.4. The van der Waals surface area contributed by atoms with Gasteiger partial charge in [0.05, 0.1) is 11.5 Å². The molecular weight excluding hydrogens is 198 g/mol. The van der Waals surface area contributed by atoms with E-state index in [2.05, 4.69) is 0 Å². The maximum absolute atomic E-state index is 11.6. The molecule has 1 aliphatic rings. The number of fused-ring (bicyclic) bond motifs is 1. The first kappa shape index (κ1) is 9.79. The molecule has 1 aliphatic carbocycles. The number of ketones is 1. The SMILES string of the molecule is O=C1c2ccc([N+](=O)[O-])cc2CC1CO. The summed E-state index contributed by atoms with van der Waals surface area (Å²) in [5.41, 5.74) is 1.15. The summed E-state index contributed by atoms with van der Waals surface area (Å²) >= 11 is 0. The van der Waals surface area contributed by atoms with E-state index < -0.39 is 10.8 Å². The van der Waals surface area contributed by atoms with Crippen LogP contribution in [0.25, 0.3) is 0 Å². The van der Waals surface area contributed by atoms with E-state index in [9.17, 15) is 14.9 Å². The first-order valence-corrected chi connectivity index (χ1v) is 4.56. The van der Waals surface area contributed by atoms with Crippen LogP contribution in [0, 0.1) is 16.0 Å². The number of carbonyl (C=O) groups is 1.